The van der Waals surface area contributed by atoms with Gasteiger partial charge >= 0.3 is 12.1 Å². The van der Waals surface area contributed by atoms with Gasteiger partial charge in [0.05, 0.1) is 17.4 Å². The minimum Gasteiger partial charge on any atom is -0.478 e. The van der Waals surface area contributed by atoms with E-state index in [0.717, 1.165) is 49.2 Å². The number of alkyl halides is 3. The van der Waals surface area contributed by atoms with E-state index in [1.54, 1.807) is 10.9 Å². The molecule has 34 heavy (non-hydrogen) atoms. The summed E-state index contributed by atoms with van der Waals surface area (Å²) >= 11 is 0. The quantitative estimate of drug-likeness (QED) is 0.561. The first-order valence-electron chi connectivity index (χ1n) is 11.0. The lowest BCUT2D eigenvalue weighted by Gasteiger charge is -2.22. The van der Waals surface area contributed by atoms with Gasteiger partial charge in [-0.15, -0.1) is 0 Å². The summed E-state index contributed by atoms with van der Waals surface area (Å²) in [6.45, 7) is 5.37. The number of fused-ring (bicyclic) bond motifs is 1. The van der Waals surface area contributed by atoms with Crippen LogP contribution in [0.3, 0.4) is 0 Å². The van der Waals surface area contributed by atoms with Crippen LogP contribution in [0.5, 0.6) is 5.75 Å². The second-order valence-electron chi connectivity index (χ2n) is 8.96. The Hall–Kier alpha value is -3.33. The summed E-state index contributed by atoms with van der Waals surface area (Å²) in [5, 5.41) is 13.6. The molecule has 0 radical (unpaired) electrons. The molecular weight excluding hydrogens is 447 g/mol. The van der Waals surface area contributed by atoms with Gasteiger partial charge in [0.15, 0.2) is 5.60 Å². The molecule has 2 aromatic carbocycles. The third-order valence-corrected chi connectivity index (χ3v) is 5.96. The fourth-order valence-corrected chi connectivity index (χ4v) is 3.95. The fraction of sp³-hybridized carbons (Fsp3) is 0.360. The number of halogens is 3. The Morgan fingerprint density at radius 1 is 1.06 bits per heavy atom. The highest BCUT2D eigenvalue weighted by Gasteiger charge is 2.30. The normalized spacial score (nSPS) is 15.0. The summed E-state index contributed by atoms with van der Waals surface area (Å²) in [4.78, 5) is 13.7. The molecule has 4 rings (SSSR count). The van der Waals surface area contributed by atoms with Crippen LogP contribution in [-0.4, -0.2) is 44.4 Å². The molecule has 0 spiro atoms. The van der Waals surface area contributed by atoms with E-state index in [0.29, 0.717) is 18.0 Å². The van der Waals surface area contributed by atoms with Crippen LogP contribution in [0, 0.1) is 0 Å². The first kappa shape index (κ1) is 23.8. The van der Waals surface area contributed by atoms with E-state index in [-0.39, 0.29) is 0 Å². The van der Waals surface area contributed by atoms with Crippen molar-refractivity contribution in [2.45, 2.75) is 45.0 Å². The van der Waals surface area contributed by atoms with E-state index in [1.165, 1.54) is 31.5 Å². The van der Waals surface area contributed by atoms with Gasteiger partial charge in [0, 0.05) is 31.4 Å². The molecule has 0 atom stereocenters. The SMILES string of the molecule is CC(C)(Oc1ccc2c(c1)CCN(Cc1cnn(-c3ccc(C(F)(F)F)cc3)c1)CC2)C(=O)O. The number of hydrogen-bond acceptors (Lipinski definition) is 4. The molecule has 1 aliphatic heterocycles. The number of rotatable bonds is 6. The molecule has 180 valence electrons. The van der Waals surface area contributed by atoms with Crippen LogP contribution >= 0.6 is 0 Å². The van der Waals surface area contributed by atoms with Crippen LogP contribution in [-0.2, 0) is 30.4 Å². The lowest BCUT2D eigenvalue weighted by molar-refractivity contribution is -0.152. The van der Waals surface area contributed by atoms with E-state index in [9.17, 15) is 23.1 Å². The highest BCUT2D eigenvalue weighted by atomic mass is 19.4. The number of benzene rings is 2. The zero-order chi connectivity index (χ0) is 24.5. The van der Waals surface area contributed by atoms with Crippen molar-refractivity contribution in [1.29, 1.82) is 0 Å². The summed E-state index contributed by atoms with van der Waals surface area (Å²) in [6.07, 6.45) is 0.853. The van der Waals surface area contributed by atoms with Gasteiger partial charge in [-0.25, -0.2) is 9.48 Å². The minimum atomic E-state index is -4.36. The first-order chi connectivity index (χ1) is 16.0. The van der Waals surface area contributed by atoms with Crippen LogP contribution in [0.2, 0.25) is 0 Å². The number of aliphatic carboxylic acids is 1. The van der Waals surface area contributed by atoms with E-state index in [1.807, 2.05) is 24.4 Å². The Morgan fingerprint density at radius 3 is 2.38 bits per heavy atom. The molecule has 0 saturated carbocycles. The lowest BCUT2D eigenvalue weighted by atomic mass is 10.0. The summed E-state index contributed by atoms with van der Waals surface area (Å²) in [5.74, 6) is -0.483. The molecule has 1 N–H and O–H groups in total. The average molecular weight is 473 g/mol. The van der Waals surface area contributed by atoms with Gasteiger partial charge in [0.2, 0.25) is 0 Å². The molecule has 0 fully saturated rings. The third kappa shape index (κ3) is 5.41. The molecule has 2 heterocycles. The Kier molecular flexibility index (Phi) is 6.40. The number of ether oxygens (including phenoxy) is 1. The topological polar surface area (TPSA) is 67.6 Å². The van der Waals surface area contributed by atoms with Crippen molar-refractivity contribution in [3.8, 4) is 11.4 Å². The van der Waals surface area contributed by atoms with Gasteiger partial charge in [-0.05, 0) is 74.2 Å². The Labute approximate surface area is 195 Å². The smallest absolute Gasteiger partial charge is 0.416 e. The standard InChI is InChI=1S/C25H26F3N3O3/c1-24(2,23(32)33)34-22-8-3-18-9-11-30(12-10-19(18)13-22)15-17-14-29-31(16-17)21-6-4-20(5-7-21)25(26,27)28/h3-8,13-14,16H,9-12,15H2,1-2H3,(H,32,33). The van der Waals surface area contributed by atoms with Gasteiger partial charge in [0.1, 0.15) is 5.75 Å². The van der Waals surface area contributed by atoms with Crippen molar-refractivity contribution in [3.05, 3.63) is 77.1 Å². The maximum absolute atomic E-state index is 12.8. The van der Waals surface area contributed by atoms with Gasteiger partial charge < -0.3 is 9.84 Å². The highest BCUT2D eigenvalue weighted by Crippen LogP contribution is 2.30. The molecule has 3 aromatic rings. The summed E-state index contributed by atoms with van der Waals surface area (Å²) in [7, 11) is 0. The maximum atomic E-state index is 12.8. The summed E-state index contributed by atoms with van der Waals surface area (Å²) in [6, 6.07) is 10.7. The Morgan fingerprint density at radius 2 is 1.74 bits per heavy atom. The van der Waals surface area contributed by atoms with Gasteiger partial charge in [-0.3, -0.25) is 4.90 Å². The van der Waals surface area contributed by atoms with Crippen molar-refractivity contribution < 1.29 is 27.8 Å². The van der Waals surface area contributed by atoms with Gasteiger partial charge in [0.25, 0.3) is 0 Å². The van der Waals surface area contributed by atoms with Crippen molar-refractivity contribution in [2.75, 3.05) is 13.1 Å². The predicted molar refractivity (Wildman–Crippen MR) is 120 cm³/mol. The van der Waals surface area contributed by atoms with Crippen LogP contribution in [0.25, 0.3) is 5.69 Å². The van der Waals surface area contributed by atoms with Crippen molar-refractivity contribution in [1.82, 2.24) is 14.7 Å². The molecule has 0 unspecified atom stereocenters. The molecule has 9 heteroatoms. The number of nitrogens with zero attached hydrogens (tertiary/aromatic N) is 3. The fourth-order valence-electron chi connectivity index (χ4n) is 3.95. The van der Waals surface area contributed by atoms with Gasteiger partial charge in [-0.2, -0.15) is 18.3 Å². The molecule has 0 aliphatic carbocycles. The molecular formula is C25H26F3N3O3. The number of carboxylic acids is 1. The molecule has 0 saturated heterocycles. The van der Waals surface area contributed by atoms with Crippen LogP contribution in [0.1, 0.15) is 36.1 Å². The number of carboxylic acid groups (broad SMARTS) is 1. The molecule has 0 bridgehead atoms. The minimum absolute atomic E-state index is 0.539. The zero-order valence-corrected chi connectivity index (χ0v) is 19.0. The number of aromatic nitrogens is 2. The lowest BCUT2D eigenvalue weighted by Crippen LogP contribution is -2.37. The van der Waals surface area contributed by atoms with E-state index in [2.05, 4.69) is 10.00 Å². The van der Waals surface area contributed by atoms with Crippen molar-refractivity contribution in [3.63, 3.8) is 0 Å². The first-order valence-corrected chi connectivity index (χ1v) is 11.0. The highest BCUT2D eigenvalue weighted by molar-refractivity contribution is 5.76. The van der Waals surface area contributed by atoms with Crippen molar-refractivity contribution >= 4 is 5.97 Å². The summed E-state index contributed by atoms with van der Waals surface area (Å²) in [5.41, 5.74) is 1.90. The van der Waals surface area contributed by atoms with Crippen LogP contribution in [0.15, 0.2) is 54.9 Å². The second-order valence-corrected chi connectivity index (χ2v) is 8.96. The average Bonchev–Trinajstić information content (AvgIpc) is 3.15. The predicted octanol–water partition coefficient (Wildman–Crippen LogP) is 4.73. The van der Waals surface area contributed by atoms with Crippen LogP contribution in [0.4, 0.5) is 13.2 Å². The largest absolute Gasteiger partial charge is 0.478 e. The zero-order valence-electron chi connectivity index (χ0n) is 19.0. The van der Waals surface area contributed by atoms with E-state index >= 15 is 0 Å². The third-order valence-electron chi connectivity index (χ3n) is 5.96. The molecule has 1 aromatic heterocycles. The van der Waals surface area contributed by atoms with Crippen LogP contribution < -0.4 is 4.74 Å². The monoisotopic (exact) mass is 473 g/mol. The molecule has 6 nitrogen and oxygen atoms in total. The van der Waals surface area contributed by atoms with Crippen molar-refractivity contribution in [2.24, 2.45) is 0 Å². The molecule has 1 aliphatic rings. The summed E-state index contributed by atoms with van der Waals surface area (Å²) < 4.78 is 45.6. The van der Waals surface area contributed by atoms with E-state index < -0.39 is 23.3 Å². The van der Waals surface area contributed by atoms with Gasteiger partial charge in [-0.1, -0.05) is 6.07 Å². The number of carbonyl (C=O) groups is 1. The maximum Gasteiger partial charge on any atom is 0.416 e. The number of hydrogen-bond donors (Lipinski definition) is 1. The molecule has 0 amide bonds. The Balaban J connectivity index is 1.39. The second kappa shape index (κ2) is 9.13. The van der Waals surface area contributed by atoms with E-state index in [4.69, 9.17) is 4.74 Å². The Bertz CT molecular complexity index is 1170.